The van der Waals surface area contributed by atoms with Crippen LogP contribution in [-0.2, 0) is 0 Å². The minimum absolute atomic E-state index is 0.316. The van der Waals surface area contributed by atoms with Crippen LogP contribution in [0.5, 0.6) is 0 Å². The molecular formula is C5H7NO2S. The average Bonchev–Trinajstić information content (AvgIpc) is 1.61. The van der Waals surface area contributed by atoms with Crippen molar-refractivity contribution in [3.8, 4) is 0 Å². The summed E-state index contributed by atoms with van der Waals surface area (Å²) in [6.07, 6.45) is -0.844. The van der Waals surface area contributed by atoms with Crippen LogP contribution in [0.4, 0.5) is 4.79 Å². The van der Waals surface area contributed by atoms with Gasteiger partial charge in [0.1, 0.15) is 0 Å². The van der Waals surface area contributed by atoms with E-state index in [-0.39, 0.29) is 0 Å². The molecule has 4 heteroatoms. The summed E-state index contributed by atoms with van der Waals surface area (Å²) in [5.74, 6) is 0.316. The molecule has 1 rings (SSSR count). The van der Waals surface area contributed by atoms with Gasteiger partial charge in [-0.15, -0.1) is 0 Å². The maximum absolute atomic E-state index is 10.1. The number of amides is 1. The molecule has 1 heterocycles. The van der Waals surface area contributed by atoms with Gasteiger partial charge in [0.25, 0.3) is 0 Å². The Balaban J connectivity index is 2.26. The molecule has 1 saturated heterocycles. The fourth-order valence-electron chi connectivity index (χ4n) is 0.755. The van der Waals surface area contributed by atoms with E-state index in [1.807, 2.05) is 0 Å². The molecule has 0 atom stereocenters. The van der Waals surface area contributed by atoms with Crippen molar-refractivity contribution in [1.29, 1.82) is 0 Å². The van der Waals surface area contributed by atoms with Crippen LogP contribution in [0.1, 0.15) is 0 Å². The normalized spacial score (nSPS) is 18.9. The van der Waals surface area contributed by atoms with Gasteiger partial charge in [-0.1, -0.05) is 12.2 Å². The van der Waals surface area contributed by atoms with Crippen LogP contribution in [0, 0.1) is 5.92 Å². The zero-order chi connectivity index (χ0) is 6.85. The van der Waals surface area contributed by atoms with Gasteiger partial charge in [-0.3, -0.25) is 0 Å². The highest BCUT2D eigenvalue weighted by atomic mass is 32.1. The van der Waals surface area contributed by atoms with E-state index in [9.17, 15) is 4.79 Å². The van der Waals surface area contributed by atoms with E-state index in [1.54, 1.807) is 5.37 Å². The van der Waals surface area contributed by atoms with Crippen LogP contribution in [0.15, 0.2) is 0 Å². The SMILES string of the molecule is O=C(O)N1CC(C=S)C1. The fraction of sp³-hybridized carbons (Fsp3) is 0.600. The largest absolute Gasteiger partial charge is 0.465 e. The number of rotatable bonds is 1. The van der Waals surface area contributed by atoms with Gasteiger partial charge in [-0.05, 0) is 5.37 Å². The summed E-state index contributed by atoms with van der Waals surface area (Å²) < 4.78 is 0. The second-order valence-electron chi connectivity index (χ2n) is 2.08. The molecule has 0 spiro atoms. The number of thiocarbonyl (C=S) groups is 1. The molecule has 1 N–H and O–H groups in total. The second-order valence-corrected chi connectivity index (χ2v) is 2.36. The summed E-state index contributed by atoms with van der Waals surface area (Å²) in [5.41, 5.74) is 0. The maximum atomic E-state index is 10.1. The highest BCUT2D eigenvalue weighted by Crippen LogP contribution is 2.12. The lowest BCUT2D eigenvalue weighted by molar-refractivity contribution is 0.104. The molecule has 0 aromatic carbocycles. The Hall–Kier alpha value is -0.640. The summed E-state index contributed by atoms with van der Waals surface area (Å²) in [4.78, 5) is 11.5. The van der Waals surface area contributed by atoms with Gasteiger partial charge in [0.2, 0.25) is 0 Å². The van der Waals surface area contributed by atoms with Crippen LogP contribution in [-0.4, -0.2) is 34.6 Å². The Morgan fingerprint density at radius 3 is 2.67 bits per heavy atom. The van der Waals surface area contributed by atoms with Gasteiger partial charge in [0.15, 0.2) is 0 Å². The predicted molar refractivity (Wildman–Crippen MR) is 36.7 cm³/mol. The van der Waals surface area contributed by atoms with Crippen molar-refractivity contribution in [3.63, 3.8) is 0 Å². The van der Waals surface area contributed by atoms with Crippen molar-refractivity contribution >= 4 is 23.7 Å². The maximum Gasteiger partial charge on any atom is 0.407 e. The standard InChI is InChI=1S/C5H7NO2S/c7-5(8)6-1-4(2-6)3-9/h3-4H,1-2H2,(H,7,8). The molecule has 1 aliphatic heterocycles. The number of carboxylic acid groups (broad SMARTS) is 1. The number of hydrogen-bond acceptors (Lipinski definition) is 2. The van der Waals surface area contributed by atoms with Crippen LogP contribution in [0.2, 0.25) is 0 Å². The number of carbonyl (C=O) groups is 1. The van der Waals surface area contributed by atoms with E-state index >= 15 is 0 Å². The number of hydrogen-bond donors (Lipinski definition) is 1. The van der Waals surface area contributed by atoms with E-state index in [1.165, 1.54) is 4.90 Å². The van der Waals surface area contributed by atoms with Crippen LogP contribution in [0.3, 0.4) is 0 Å². The monoisotopic (exact) mass is 145 g/mol. The van der Waals surface area contributed by atoms with Gasteiger partial charge in [-0.25, -0.2) is 4.79 Å². The topological polar surface area (TPSA) is 40.5 Å². The lowest BCUT2D eigenvalue weighted by atomic mass is 10.0. The molecule has 0 aliphatic carbocycles. The molecule has 50 valence electrons. The Morgan fingerprint density at radius 2 is 2.33 bits per heavy atom. The summed E-state index contributed by atoms with van der Waals surface area (Å²) in [6, 6.07) is 0. The third kappa shape index (κ3) is 1.18. The highest BCUT2D eigenvalue weighted by Gasteiger charge is 2.27. The average molecular weight is 145 g/mol. The molecule has 0 unspecified atom stereocenters. The fourth-order valence-corrected chi connectivity index (χ4v) is 0.927. The van der Waals surface area contributed by atoms with Gasteiger partial charge in [0, 0.05) is 19.0 Å². The van der Waals surface area contributed by atoms with Gasteiger partial charge in [-0.2, -0.15) is 0 Å². The molecule has 3 nitrogen and oxygen atoms in total. The van der Waals surface area contributed by atoms with E-state index in [0.29, 0.717) is 19.0 Å². The second kappa shape index (κ2) is 2.31. The van der Waals surface area contributed by atoms with Crippen LogP contribution < -0.4 is 0 Å². The molecule has 9 heavy (non-hydrogen) atoms. The Labute approximate surface area is 58.3 Å². The van der Waals surface area contributed by atoms with Crippen LogP contribution >= 0.6 is 12.2 Å². The summed E-state index contributed by atoms with van der Waals surface area (Å²) in [5, 5.41) is 9.95. The van der Waals surface area contributed by atoms with Crippen molar-refractivity contribution in [1.82, 2.24) is 4.90 Å². The zero-order valence-electron chi connectivity index (χ0n) is 4.78. The van der Waals surface area contributed by atoms with E-state index in [4.69, 9.17) is 5.11 Å². The van der Waals surface area contributed by atoms with Crippen molar-refractivity contribution in [2.24, 2.45) is 5.92 Å². The van der Waals surface area contributed by atoms with Crippen molar-refractivity contribution in [3.05, 3.63) is 0 Å². The minimum Gasteiger partial charge on any atom is -0.465 e. The highest BCUT2D eigenvalue weighted by molar-refractivity contribution is 7.79. The van der Waals surface area contributed by atoms with E-state index in [0.717, 1.165) is 0 Å². The van der Waals surface area contributed by atoms with Crippen molar-refractivity contribution in [2.45, 2.75) is 0 Å². The molecule has 1 fully saturated rings. The Kier molecular flexibility index (Phi) is 1.66. The first-order valence-electron chi connectivity index (χ1n) is 2.67. The first-order chi connectivity index (χ1) is 4.24. The third-order valence-corrected chi connectivity index (χ3v) is 1.76. The molecule has 1 amide bonds. The summed E-state index contributed by atoms with van der Waals surface area (Å²) in [7, 11) is 0. The molecule has 0 bridgehead atoms. The van der Waals surface area contributed by atoms with E-state index < -0.39 is 6.09 Å². The van der Waals surface area contributed by atoms with Crippen LogP contribution in [0.25, 0.3) is 0 Å². The molecule has 1 aliphatic rings. The number of likely N-dealkylation sites (tertiary alicyclic amines) is 1. The number of nitrogens with zero attached hydrogens (tertiary/aromatic N) is 1. The Morgan fingerprint density at radius 1 is 1.78 bits per heavy atom. The minimum atomic E-state index is -0.844. The van der Waals surface area contributed by atoms with Gasteiger partial charge in [0.05, 0.1) is 0 Å². The van der Waals surface area contributed by atoms with Gasteiger partial charge < -0.3 is 10.0 Å². The Bertz CT molecular complexity index is 142. The molecule has 0 aromatic rings. The molecule has 0 radical (unpaired) electrons. The predicted octanol–water partition coefficient (Wildman–Crippen LogP) is 0.596. The smallest absolute Gasteiger partial charge is 0.407 e. The lowest BCUT2D eigenvalue weighted by Gasteiger charge is -2.34. The quantitative estimate of drug-likeness (QED) is 0.549. The summed E-state index contributed by atoms with van der Waals surface area (Å²) in [6.45, 7) is 1.16. The molecule has 0 aromatic heterocycles. The van der Waals surface area contributed by atoms with Crippen molar-refractivity contribution < 1.29 is 9.90 Å². The third-order valence-electron chi connectivity index (χ3n) is 1.37. The lowest BCUT2D eigenvalue weighted by Crippen LogP contribution is -2.49. The first kappa shape index (κ1) is 6.48. The van der Waals surface area contributed by atoms with Crippen molar-refractivity contribution in [2.75, 3.05) is 13.1 Å². The van der Waals surface area contributed by atoms with E-state index in [2.05, 4.69) is 12.2 Å². The van der Waals surface area contributed by atoms with Gasteiger partial charge >= 0.3 is 6.09 Å². The first-order valence-corrected chi connectivity index (χ1v) is 3.14. The summed E-state index contributed by atoms with van der Waals surface area (Å²) >= 11 is 4.62. The molecular weight excluding hydrogens is 138 g/mol. The zero-order valence-corrected chi connectivity index (χ0v) is 5.60. The molecule has 0 saturated carbocycles.